The quantitative estimate of drug-likeness (QED) is 0.932. The predicted molar refractivity (Wildman–Crippen MR) is 90.1 cm³/mol. The Morgan fingerprint density at radius 2 is 2.19 bits per heavy atom. The van der Waals surface area contributed by atoms with E-state index < -0.39 is 0 Å². The Labute approximate surface area is 130 Å². The Morgan fingerprint density at radius 1 is 1.38 bits per heavy atom. The molecule has 2 N–H and O–H groups in total. The predicted octanol–water partition coefficient (Wildman–Crippen LogP) is 3.86. The molecular weight excluding hydrogens is 282 g/mol. The van der Waals surface area contributed by atoms with Gasteiger partial charge in [0.1, 0.15) is 11.3 Å². The number of rotatable bonds is 4. The van der Waals surface area contributed by atoms with Crippen molar-refractivity contribution in [3.63, 3.8) is 0 Å². The van der Waals surface area contributed by atoms with Gasteiger partial charge in [-0.15, -0.1) is 0 Å². The maximum absolute atomic E-state index is 6.21. The lowest BCUT2D eigenvalue weighted by Crippen LogP contribution is -2.09. The molecule has 1 aliphatic rings. The van der Waals surface area contributed by atoms with Gasteiger partial charge in [-0.25, -0.2) is 4.98 Å². The van der Waals surface area contributed by atoms with Gasteiger partial charge in [0.25, 0.3) is 0 Å². The Morgan fingerprint density at radius 3 is 2.86 bits per heavy atom. The number of imidazole rings is 1. The van der Waals surface area contributed by atoms with Crippen LogP contribution in [0.1, 0.15) is 39.2 Å². The minimum Gasteiger partial charge on any atom is -0.489 e. The Bertz CT molecular complexity index is 638. The van der Waals surface area contributed by atoms with Gasteiger partial charge in [-0.05, 0) is 51.5 Å². The van der Waals surface area contributed by atoms with Crippen LogP contribution in [0.3, 0.4) is 0 Å². The lowest BCUT2D eigenvalue weighted by Gasteiger charge is -2.15. The van der Waals surface area contributed by atoms with E-state index >= 15 is 0 Å². The van der Waals surface area contributed by atoms with Gasteiger partial charge in [0, 0.05) is 11.3 Å². The number of nitrogen functional groups attached to an aromatic ring is 1. The van der Waals surface area contributed by atoms with Crippen LogP contribution in [0.5, 0.6) is 5.75 Å². The van der Waals surface area contributed by atoms with Crippen molar-refractivity contribution in [1.29, 1.82) is 0 Å². The lowest BCUT2D eigenvalue weighted by molar-refractivity contribution is 0.245. The first-order valence-electron chi connectivity index (χ1n) is 7.56. The first kappa shape index (κ1) is 14.6. The smallest absolute Gasteiger partial charge is 0.201 e. The second-order valence-corrected chi connectivity index (χ2v) is 7.09. The average molecular weight is 305 g/mol. The third kappa shape index (κ3) is 2.71. The molecule has 2 atom stereocenters. The van der Waals surface area contributed by atoms with E-state index in [0.717, 1.165) is 22.0 Å². The summed E-state index contributed by atoms with van der Waals surface area (Å²) in [6.45, 7) is 4.05. The number of para-hydroxylation sites is 1. The van der Waals surface area contributed by atoms with E-state index in [1.54, 1.807) is 0 Å². The van der Waals surface area contributed by atoms with Crippen LogP contribution in [-0.4, -0.2) is 27.2 Å². The van der Waals surface area contributed by atoms with Gasteiger partial charge in [-0.1, -0.05) is 6.07 Å². The highest BCUT2D eigenvalue weighted by atomic mass is 32.2. The molecule has 4 nitrogen and oxygen atoms in total. The number of nitrogens with two attached hydrogens (primary N) is 1. The molecule has 21 heavy (non-hydrogen) atoms. The normalized spacial score (nSPS) is 22.3. The summed E-state index contributed by atoms with van der Waals surface area (Å²) in [5, 5.41) is 0.738. The van der Waals surface area contributed by atoms with Crippen molar-refractivity contribution in [3.8, 4) is 5.75 Å². The van der Waals surface area contributed by atoms with Gasteiger partial charge in [-0.3, -0.25) is 0 Å². The number of aromatic nitrogens is 2. The summed E-state index contributed by atoms with van der Waals surface area (Å²) in [5.74, 6) is 1.43. The van der Waals surface area contributed by atoms with E-state index in [-0.39, 0.29) is 6.10 Å². The molecule has 0 bridgehead atoms. The van der Waals surface area contributed by atoms with E-state index in [0.29, 0.717) is 12.0 Å². The van der Waals surface area contributed by atoms with Crippen molar-refractivity contribution >= 4 is 28.7 Å². The summed E-state index contributed by atoms with van der Waals surface area (Å²) in [4.78, 5) is 4.57. The number of anilines is 1. The molecule has 1 fully saturated rings. The minimum absolute atomic E-state index is 0.134. The number of benzene rings is 1. The van der Waals surface area contributed by atoms with E-state index in [1.807, 2.05) is 37.7 Å². The van der Waals surface area contributed by atoms with Crippen LogP contribution in [0.2, 0.25) is 0 Å². The Balaban J connectivity index is 2.02. The van der Waals surface area contributed by atoms with Crippen LogP contribution in [0.15, 0.2) is 18.2 Å². The zero-order valence-corrected chi connectivity index (χ0v) is 13.7. The first-order valence-corrected chi connectivity index (χ1v) is 8.84. The molecule has 114 valence electrons. The van der Waals surface area contributed by atoms with E-state index in [9.17, 15) is 0 Å². The van der Waals surface area contributed by atoms with Gasteiger partial charge in [0.15, 0.2) is 0 Å². The van der Waals surface area contributed by atoms with Crippen molar-refractivity contribution in [2.24, 2.45) is 0 Å². The molecule has 1 saturated carbocycles. The maximum Gasteiger partial charge on any atom is 0.201 e. The summed E-state index contributed by atoms with van der Waals surface area (Å²) >= 11 is 1.96. The number of thioether (sulfide) groups is 1. The summed E-state index contributed by atoms with van der Waals surface area (Å²) in [7, 11) is 0. The van der Waals surface area contributed by atoms with Crippen LogP contribution in [-0.2, 0) is 0 Å². The molecule has 0 radical (unpaired) electrons. The highest BCUT2D eigenvalue weighted by Gasteiger charge is 2.28. The van der Waals surface area contributed by atoms with Crippen molar-refractivity contribution < 1.29 is 4.74 Å². The monoisotopic (exact) mass is 305 g/mol. The molecule has 1 aromatic heterocycles. The number of hydrogen-bond donors (Lipinski definition) is 1. The zero-order chi connectivity index (χ0) is 15.0. The second kappa shape index (κ2) is 5.79. The molecule has 1 aromatic carbocycles. The standard InChI is InChI=1S/C16H23N3OS/c1-10(2)20-14-6-4-5-13-15(14)18-16(17)19(13)11-7-8-12(9-11)21-3/h4-6,10-12H,7-9H2,1-3H3,(H2,17,18). The van der Waals surface area contributed by atoms with Crippen molar-refractivity contribution in [1.82, 2.24) is 9.55 Å². The number of ether oxygens (including phenoxy) is 1. The summed E-state index contributed by atoms with van der Waals surface area (Å²) < 4.78 is 8.07. The average Bonchev–Trinajstić information content (AvgIpc) is 3.02. The van der Waals surface area contributed by atoms with Gasteiger partial charge in [0.2, 0.25) is 5.95 Å². The van der Waals surface area contributed by atoms with Gasteiger partial charge in [0.05, 0.1) is 11.6 Å². The molecule has 3 rings (SSSR count). The number of fused-ring (bicyclic) bond motifs is 1. The van der Waals surface area contributed by atoms with Crippen molar-refractivity contribution in [2.75, 3.05) is 12.0 Å². The number of hydrogen-bond acceptors (Lipinski definition) is 4. The zero-order valence-electron chi connectivity index (χ0n) is 12.9. The van der Waals surface area contributed by atoms with Gasteiger partial charge < -0.3 is 15.0 Å². The fourth-order valence-electron chi connectivity index (χ4n) is 3.21. The molecule has 2 aromatic rings. The van der Waals surface area contributed by atoms with Crippen LogP contribution < -0.4 is 10.5 Å². The van der Waals surface area contributed by atoms with E-state index in [2.05, 4.69) is 21.9 Å². The van der Waals surface area contributed by atoms with E-state index in [1.165, 1.54) is 19.3 Å². The van der Waals surface area contributed by atoms with E-state index in [4.69, 9.17) is 10.5 Å². The summed E-state index contributed by atoms with van der Waals surface area (Å²) in [5.41, 5.74) is 8.19. The SMILES string of the molecule is CSC1CCC(n2c(N)nc3c(OC(C)C)cccc32)C1. The Kier molecular flexibility index (Phi) is 4.02. The first-order chi connectivity index (χ1) is 10.1. The molecule has 0 amide bonds. The van der Waals surface area contributed by atoms with Crippen LogP contribution in [0.4, 0.5) is 5.95 Å². The molecule has 1 aliphatic carbocycles. The molecule has 0 spiro atoms. The highest BCUT2D eigenvalue weighted by Crippen LogP contribution is 2.40. The topological polar surface area (TPSA) is 53.1 Å². The van der Waals surface area contributed by atoms with Gasteiger partial charge in [-0.2, -0.15) is 11.8 Å². The maximum atomic E-state index is 6.21. The van der Waals surface area contributed by atoms with Crippen LogP contribution >= 0.6 is 11.8 Å². The molecule has 0 aliphatic heterocycles. The van der Waals surface area contributed by atoms with Crippen LogP contribution in [0.25, 0.3) is 11.0 Å². The summed E-state index contributed by atoms with van der Waals surface area (Å²) in [6, 6.07) is 6.55. The molecule has 0 saturated heterocycles. The van der Waals surface area contributed by atoms with Gasteiger partial charge >= 0.3 is 0 Å². The third-order valence-corrected chi connectivity index (χ3v) is 5.22. The fourth-order valence-corrected chi connectivity index (χ4v) is 3.99. The van der Waals surface area contributed by atoms with Crippen LogP contribution in [0, 0.1) is 0 Å². The van der Waals surface area contributed by atoms with Crippen molar-refractivity contribution in [3.05, 3.63) is 18.2 Å². The fraction of sp³-hybridized carbons (Fsp3) is 0.562. The molecular formula is C16H23N3OS. The second-order valence-electron chi connectivity index (χ2n) is 5.96. The highest BCUT2D eigenvalue weighted by molar-refractivity contribution is 7.99. The largest absolute Gasteiger partial charge is 0.489 e. The van der Waals surface area contributed by atoms with Crippen molar-refractivity contribution in [2.45, 2.75) is 50.5 Å². The minimum atomic E-state index is 0.134. The number of nitrogens with zero attached hydrogens (tertiary/aromatic N) is 2. The third-order valence-electron chi connectivity index (χ3n) is 4.13. The summed E-state index contributed by atoms with van der Waals surface area (Å²) in [6.07, 6.45) is 5.93. The lowest BCUT2D eigenvalue weighted by atomic mass is 10.2. The molecule has 2 unspecified atom stereocenters. The Hall–Kier alpha value is -1.36. The molecule has 5 heteroatoms. The molecule has 1 heterocycles.